The Kier molecular flexibility index (Phi) is 15.4. The summed E-state index contributed by atoms with van der Waals surface area (Å²) in [5.74, 6) is 0. The fourth-order valence-electron chi connectivity index (χ4n) is 4.65. The highest BCUT2D eigenvalue weighted by Gasteiger charge is 2.08. The van der Waals surface area contributed by atoms with E-state index < -0.39 is 0 Å². The zero-order chi connectivity index (χ0) is 33.3. The molecule has 4 rings (SSSR count). The predicted molar refractivity (Wildman–Crippen MR) is 200 cm³/mol. The maximum Gasteiger partial charge on any atom is 0.319 e. The van der Waals surface area contributed by atoms with E-state index in [9.17, 15) is 9.59 Å². The Bertz CT molecular complexity index is 1530. The van der Waals surface area contributed by atoms with E-state index in [0.717, 1.165) is 46.5 Å². The number of nitrogens with zero attached hydrogens (tertiary/aromatic N) is 2. The molecule has 244 valence electrons. The van der Waals surface area contributed by atoms with E-state index >= 15 is 0 Å². The van der Waals surface area contributed by atoms with Crippen LogP contribution in [0.15, 0.2) is 106 Å². The van der Waals surface area contributed by atoms with Crippen LogP contribution in [-0.4, -0.2) is 51.3 Å². The first kappa shape index (κ1) is 36.4. The molecule has 4 aromatic carbocycles. The fraction of sp³-hybridized carbons (Fsp3) is 0.278. The number of likely N-dealkylation sites (N-methyl/N-ethyl adjacent to an activating group) is 2. The monoisotopic (exact) mass is 750 g/mol. The third-order valence-electron chi connectivity index (χ3n) is 7.02. The Morgan fingerprint density at radius 1 is 0.587 bits per heavy atom. The van der Waals surface area contributed by atoms with E-state index in [-0.39, 0.29) is 12.1 Å². The molecule has 0 spiro atoms. The number of anilines is 4. The Hall–Kier alpha value is -4.02. The molecule has 0 bridgehead atoms. The summed E-state index contributed by atoms with van der Waals surface area (Å²) in [5.41, 5.74) is 6.38. The number of aryl methyl sites for hydroxylation is 2. The lowest BCUT2D eigenvalue weighted by atomic mass is 10.2. The number of hydrogen-bond donors (Lipinski definition) is 4. The van der Waals surface area contributed by atoms with Crippen LogP contribution in [0.5, 0.6) is 0 Å². The van der Waals surface area contributed by atoms with Crippen LogP contribution in [0, 0.1) is 13.8 Å². The Labute approximate surface area is 290 Å². The molecule has 0 aliphatic carbocycles. The molecular formula is C36H44Br2N6O2. The average molecular weight is 753 g/mol. The molecule has 0 radical (unpaired) electrons. The minimum atomic E-state index is -0.191. The van der Waals surface area contributed by atoms with Crippen LogP contribution >= 0.6 is 31.9 Å². The zero-order valence-corrected chi connectivity index (χ0v) is 30.1. The lowest BCUT2D eigenvalue weighted by Gasteiger charge is -2.23. The normalized spacial score (nSPS) is 10.2. The van der Waals surface area contributed by atoms with Gasteiger partial charge in [0.25, 0.3) is 0 Å². The quantitative estimate of drug-likeness (QED) is 0.117. The zero-order valence-electron chi connectivity index (χ0n) is 26.9. The van der Waals surface area contributed by atoms with Crippen LogP contribution in [0.4, 0.5) is 32.3 Å². The van der Waals surface area contributed by atoms with E-state index in [1.807, 2.05) is 48.5 Å². The molecule has 10 heteroatoms. The summed E-state index contributed by atoms with van der Waals surface area (Å²) in [6, 6.07) is 31.4. The van der Waals surface area contributed by atoms with Crippen molar-refractivity contribution >= 4 is 66.7 Å². The minimum absolute atomic E-state index is 0.187. The number of halogens is 2. The SMILES string of the molecule is CCN(CCNC(=O)Nc1ccc(Br)cc1)c1cccc(C)c1.CCN(CCNC(=O)Nc1cccc(Br)c1)c1cccc(C)c1. The molecule has 8 nitrogen and oxygen atoms in total. The summed E-state index contributed by atoms with van der Waals surface area (Å²) in [4.78, 5) is 28.3. The third kappa shape index (κ3) is 13.1. The van der Waals surface area contributed by atoms with Gasteiger partial charge in [-0.25, -0.2) is 9.59 Å². The van der Waals surface area contributed by atoms with E-state index in [2.05, 4.69) is 139 Å². The number of carbonyl (C=O) groups is 2. The van der Waals surface area contributed by atoms with Crippen LogP contribution in [0.25, 0.3) is 0 Å². The number of nitrogens with one attached hydrogen (secondary N) is 4. The maximum atomic E-state index is 11.9. The van der Waals surface area contributed by atoms with Crippen LogP contribution in [0.3, 0.4) is 0 Å². The van der Waals surface area contributed by atoms with Crippen molar-refractivity contribution < 1.29 is 9.59 Å². The van der Waals surface area contributed by atoms with E-state index in [1.54, 1.807) is 0 Å². The summed E-state index contributed by atoms with van der Waals surface area (Å²) < 4.78 is 1.92. The molecule has 0 heterocycles. The van der Waals surface area contributed by atoms with E-state index in [1.165, 1.54) is 22.5 Å². The topological polar surface area (TPSA) is 88.7 Å². The molecule has 0 unspecified atom stereocenters. The average Bonchev–Trinajstić information content (AvgIpc) is 3.03. The molecule has 4 amide bonds. The third-order valence-corrected chi connectivity index (χ3v) is 8.04. The highest BCUT2D eigenvalue weighted by Crippen LogP contribution is 2.17. The second-order valence-electron chi connectivity index (χ2n) is 10.6. The molecule has 4 aromatic rings. The highest BCUT2D eigenvalue weighted by atomic mass is 79.9. The van der Waals surface area contributed by atoms with Gasteiger partial charge >= 0.3 is 12.1 Å². The fourth-order valence-corrected chi connectivity index (χ4v) is 5.31. The molecule has 0 saturated carbocycles. The summed E-state index contributed by atoms with van der Waals surface area (Å²) in [6.45, 7) is 12.9. The summed E-state index contributed by atoms with van der Waals surface area (Å²) in [5, 5.41) is 11.4. The van der Waals surface area contributed by atoms with Crippen molar-refractivity contribution in [1.29, 1.82) is 0 Å². The number of benzene rings is 4. The first-order chi connectivity index (χ1) is 22.2. The molecule has 0 aliphatic heterocycles. The Balaban J connectivity index is 0.000000250. The first-order valence-corrected chi connectivity index (χ1v) is 17.0. The van der Waals surface area contributed by atoms with Gasteiger partial charge in [0.2, 0.25) is 0 Å². The summed E-state index contributed by atoms with van der Waals surface area (Å²) in [7, 11) is 0. The van der Waals surface area contributed by atoms with Crippen LogP contribution < -0.4 is 31.1 Å². The van der Waals surface area contributed by atoms with Crippen LogP contribution in [0.2, 0.25) is 0 Å². The van der Waals surface area contributed by atoms with Gasteiger partial charge in [-0.1, -0.05) is 62.2 Å². The second-order valence-corrected chi connectivity index (χ2v) is 12.4. The number of rotatable bonds is 12. The van der Waals surface area contributed by atoms with Gasteiger partial charge < -0.3 is 31.1 Å². The van der Waals surface area contributed by atoms with Crippen molar-refractivity contribution in [3.05, 3.63) is 117 Å². The van der Waals surface area contributed by atoms with Gasteiger partial charge in [0.1, 0.15) is 0 Å². The van der Waals surface area contributed by atoms with Crippen molar-refractivity contribution in [2.45, 2.75) is 27.7 Å². The van der Waals surface area contributed by atoms with Gasteiger partial charge in [-0.2, -0.15) is 0 Å². The molecule has 46 heavy (non-hydrogen) atoms. The molecule has 0 aromatic heterocycles. The van der Waals surface area contributed by atoms with Crippen molar-refractivity contribution in [2.75, 3.05) is 59.7 Å². The Morgan fingerprint density at radius 3 is 1.52 bits per heavy atom. The molecule has 0 saturated heterocycles. The number of carbonyl (C=O) groups excluding carboxylic acids is 2. The van der Waals surface area contributed by atoms with E-state index in [4.69, 9.17) is 0 Å². The summed E-state index contributed by atoms with van der Waals surface area (Å²) >= 11 is 6.76. The largest absolute Gasteiger partial charge is 0.370 e. The number of urea groups is 2. The molecular weight excluding hydrogens is 708 g/mol. The van der Waals surface area contributed by atoms with Crippen molar-refractivity contribution in [3.63, 3.8) is 0 Å². The molecule has 0 aliphatic rings. The van der Waals surface area contributed by atoms with Crippen molar-refractivity contribution in [1.82, 2.24) is 10.6 Å². The van der Waals surface area contributed by atoms with Crippen molar-refractivity contribution in [2.24, 2.45) is 0 Å². The maximum absolute atomic E-state index is 11.9. The first-order valence-electron chi connectivity index (χ1n) is 15.4. The lowest BCUT2D eigenvalue weighted by Crippen LogP contribution is -2.37. The van der Waals surface area contributed by atoms with Gasteiger partial charge in [0, 0.05) is 71.0 Å². The minimum Gasteiger partial charge on any atom is -0.370 e. The van der Waals surface area contributed by atoms with Gasteiger partial charge in [0.05, 0.1) is 0 Å². The van der Waals surface area contributed by atoms with Gasteiger partial charge in [0.15, 0.2) is 0 Å². The highest BCUT2D eigenvalue weighted by molar-refractivity contribution is 9.10. The number of amides is 4. The molecule has 0 atom stereocenters. The van der Waals surface area contributed by atoms with Gasteiger partial charge in [-0.15, -0.1) is 0 Å². The van der Waals surface area contributed by atoms with Gasteiger partial charge in [-0.05, 0) is 106 Å². The smallest absolute Gasteiger partial charge is 0.319 e. The van der Waals surface area contributed by atoms with E-state index in [0.29, 0.717) is 13.1 Å². The predicted octanol–water partition coefficient (Wildman–Crippen LogP) is 8.81. The Morgan fingerprint density at radius 2 is 1.07 bits per heavy atom. The summed E-state index contributed by atoms with van der Waals surface area (Å²) in [6.07, 6.45) is 0. The standard InChI is InChI=1S/2C18H22BrN3O/c1-3-22(17-9-4-6-14(2)12-17)11-10-20-18(23)21-16-8-5-7-15(19)13-16;1-3-22(17-6-4-5-14(2)13-17)12-11-20-18(23)21-16-9-7-15(19)8-10-16/h4-9,12-13H,3,10-11H2,1-2H3,(H2,20,21,23);4-10,13H,3,11-12H2,1-2H3,(H2,20,21,23). The van der Waals surface area contributed by atoms with Gasteiger partial charge in [-0.3, -0.25) is 0 Å². The molecule has 4 N–H and O–H groups in total. The van der Waals surface area contributed by atoms with Crippen molar-refractivity contribution in [3.8, 4) is 0 Å². The van der Waals surface area contributed by atoms with Crippen LogP contribution in [0.1, 0.15) is 25.0 Å². The van der Waals surface area contributed by atoms with Crippen LogP contribution in [-0.2, 0) is 0 Å². The number of hydrogen-bond acceptors (Lipinski definition) is 4. The molecule has 0 fully saturated rings. The lowest BCUT2D eigenvalue weighted by molar-refractivity contribution is 0.251. The second kappa shape index (κ2) is 19.5.